The molecular formula is C24H24N2O6S. The quantitative estimate of drug-likeness (QED) is 0.546. The van der Waals surface area contributed by atoms with Gasteiger partial charge in [-0.3, -0.25) is 9.10 Å². The fourth-order valence-corrected chi connectivity index (χ4v) is 4.14. The lowest BCUT2D eigenvalue weighted by molar-refractivity contribution is -0.120. The maximum atomic E-state index is 12.5. The summed E-state index contributed by atoms with van der Waals surface area (Å²) >= 11 is 0. The molecule has 1 aliphatic heterocycles. The number of amides is 1. The van der Waals surface area contributed by atoms with E-state index >= 15 is 0 Å². The number of rotatable bonds is 8. The van der Waals surface area contributed by atoms with Crippen molar-refractivity contribution in [3.05, 3.63) is 78.9 Å². The highest BCUT2D eigenvalue weighted by Gasteiger charge is 2.24. The van der Waals surface area contributed by atoms with E-state index in [1.807, 2.05) is 48.5 Å². The van der Waals surface area contributed by atoms with Crippen molar-refractivity contribution in [3.8, 4) is 23.0 Å². The van der Waals surface area contributed by atoms with Crippen molar-refractivity contribution < 1.29 is 27.4 Å². The van der Waals surface area contributed by atoms with Gasteiger partial charge in [-0.1, -0.05) is 30.3 Å². The van der Waals surface area contributed by atoms with Crippen molar-refractivity contribution in [2.45, 2.75) is 6.10 Å². The predicted molar refractivity (Wildman–Crippen MR) is 125 cm³/mol. The zero-order chi connectivity index (χ0) is 23.3. The average Bonchev–Trinajstić information content (AvgIpc) is 2.82. The van der Waals surface area contributed by atoms with Gasteiger partial charge in [0.2, 0.25) is 15.9 Å². The number of benzene rings is 3. The Morgan fingerprint density at radius 3 is 2.30 bits per heavy atom. The Balaban J connectivity index is 1.36. The number of ether oxygens (including phenoxy) is 3. The van der Waals surface area contributed by atoms with Gasteiger partial charge in [0, 0.05) is 0 Å². The van der Waals surface area contributed by atoms with Crippen LogP contribution in [-0.2, 0) is 14.8 Å². The van der Waals surface area contributed by atoms with Crippen LogP contribution in [0.3, 0.4) is 0 Å². The fourth-order valence-electron chi connectivity index (χ4n) is 3.28. The largest absolute Gasteiger partial charge is 0.486 e. The van der Waals surface area contributed by atoms with Crippen LogP contribution in [0, 0.1) is 0 Å². The number of hydrogen-bond acceptors (Lipinski definition) is 6. The topological polar surface area (TPSA) is 94.2 Å². The van der Waals surface area contributed by atoms with Gasteiger partial charge in [-0.25, -0.2) is 8.42 Å². The molecule has 172 valence electrons. The van der Waals surface area contributed by atoms with Crippen LogP contribution in [0.4, 0.5) is 5.69 Å². The second kappa shape index (κ2) is 9.83. The summed E-state index contributed by atoms with van der Waals surface area (Å²) in [5, 5.41) is 2.72. The molecule has 8 nitrogen and oxygen atoms in total. The Hall–Kier alpha value is -3.72. The lowest BCUT2D eigenvalue weighted by atomic mass is 10.2. The van der Waals surface area contributed by atoms with Crippen LogP contribution in [0.2, 0.25) is 0 Å². The molecule has 1 atom stereocenters. The first-order valence-electron chi connectivity index (χ1n) is 10.3. The molecule has 0 radical (unpaired) electrons. The smallest absolute Gasteiger partial charge is 0.240 e. The lowest BCUT2D eigenvalue weighted by Gasteiger charge is -2.27. The fraction of sp³-hybridized carbons (Fsp3) is 0.208. The number of nitrogens with one attached hydrogen (secondary N) is 1. The van der Waals surface area contributed by atoms with Gasteiger partial charge in [-0.05, 0) is 48.5 Å². The summed E-state index contributed by atoms with van der Waals surface area (Å²) in [5.74, 6) is 2.04. The zero-order valence-electron chi connectivity index (χ0n) is 18.0. The Kier molecular flexibility index (Phi) is 6.69. The van der Waals surface area contributed by atoms with Crippen molar-refractivity contribution in [1.82, 2.24) is 5.32 Å². The molecular weight excluding hydrogens is 444 g/mol. The predicted octanol–water partition coefficient (Wildman–Crippen LogP) is 3.20. The van der Waals surface area contributed by atoms with Gasteiger partial charge in [0.05, 0.1) is 18.5 Å². The average molecular weight is 469 g/mol. The van der Waals surface area contributed by atoms with Gasteiger partial charge in [0.1, 0.15) is 30.8 Å². The summed E-state index contributed by atoms with van der Waals surface area (Å²) in [7, 11) is -3.69. The third-order valence-corrected chi connectivity index (χ3v) is 6.03. The molecule has 0 fully saturated rings. The van der Waals surface area contributed by atoms with E-state index in [9.17, 15) is 13.2 Å². The van der Waals surface area contributed by atoms with Crippen LogP contribution in [0.25, 0.3) is 0 Å². The number of anilines is 1. The van der Waals surface area contributed by atoms with Gasteiger partial charge in [0.15, 0.2) is 11.5 Å². The van der Waals surface area contributed by atoms with E-state index in [-0.39, 0.29) is 25.8 Å². The van der Waals surface area contributed by atoms with Gasteiger partial charge in [-0.2, -0.15) is 0 Å². The molecule has 0 spiro atoms. The van der Waals surface area contributed by atoms with Gasteiger partial charge >= 0.3 is 0 Å². The molecule has 9 heteroatoms. The number of nitrogens with zero attached hydrogens (tertiary/aromatic N) is 1. The van der Waals surface area contributed by atoms with E-state index < -0.39 is 15.9 Å². The summed E-state index contributed by atoms with van der Waals surface area (Å²) in [6.45, 7) is 0.118. The van der Waals surface area contributed by atoms with Gasteiger partial charge in [-0.15, -0.1) is 0 Å². The van der Waals surface area contributed by atoms with E-state index in [0.29, 0.717) is 28.7 Å². The Morgan fingerprint density at radius 2 is 1.61 bits per heavy atom. The molecule has 1 amide bonds. The van der Waals surface area contributed by atoms with Crippen molar-refractivity contribution in [3.63, 3.8) is 0 Å². The van der Waals surface area contributed by atoms with Crippen molar-refractivity contribution >= 4 is 21.6 Å². The SMILES string of the molecule is CS(=O)(=O)N(CC(=O)NC[C@H]1COc2ccccc2O1)c1ccc(Oc2ccccc2)cc1. The lowest BCUT2D eigenvalue weighted by Crippen LogP contribution is -2.45. The summed E-state index contributed by atoms with van der Waals surface area (Å²) in [6, 6.07) is 23.0. The van der Waals surface area contributed by atoms with E-state index in [1.54, 1.807) is 30.3 Å². The Bertz CT molecular complexity index is 1200. The molecule has 4 rings (SSSR count). The second-order valence-corrected chi connectivity index (χ2v) is 9.39. The minimum absolute atomic E-state index is 0.189. The highest BCUT2D eigenvalue weighted by atomic mass is 32.2. The minimum atomic E-state index is -3.69. The first kappa shape index (κ1) is 22.5. The standard InChI is InChI=1S/C24H24N2O6S/c1-33(28,29)26(18-11-13-20(14-12-18)31-19-7-3-2-4-8-19)16-24(27)25-15-21-17-30-22-9-5-6-10-23(22)32-21/h2-14,21H,15-17H2,1H3,(H,25,27)/t21-/m0/s1. The zero-order valence-corrected chi connectivity index (χ0v) is 18.8. The monoisotopic (exact) mass is 468 g/mol. The van der Waals surface area contributed by atoms with Crippen molar-refractivity contribution in [2.24, 2.45) is 0 Å². The third-order valence-electron chi connectivity index (χ3n) is 4.89. The molecule has 0 aromatic heterocycles. The molecule has 0 saturated heterocycles. The highest BCUT2D eigenvalue weighted by Crippen LogP contribution is 2.30. The number of carbonyl (C=O) groups excluding carboxylic acids is 1. The maximum absolute atomic E-state index is 12.5. The van der Waals surface area contributed by atoms with E-state index in [4.69, 9.17) is 14.2 Å². The molecule has 33 heavy (non-hydrogen) atoms. The van der Waals surface area contributed by atoms with Crippen molar-refractivity contribution in [1.29, 1.82) is 0 Å². The van der Waals surface area contributed by atoms with Crippen LogP contribution >= 0.6 is 0 Å². The molecule has 0 saturated carbocycles. The van der Waals surface area contributed by atoms with Gasteiger partial charge < -0.3 is 19.5 Å². The van der Waals surface area contributed by atoms with Crippen LogP contribution in [0.15, 0.2) is 78.9 Å². The minimum Gasteiger partial charge on any atom is -0.486 e. The van der Waals surface area contributed by atoms with Crippen LogP contribution in [-0.4, -0.2) is 46.4 Å². The van der Waals surface area contributed by atoms with Crippen LogP contribution in [0.5, 0.6) is 23.0 Å². The normalized spacial score (nSPS) is 14.9. The number of hydrogen-bond donors (Lipinski definition) is 1. The second-order valence-electron chi connectivity index (χ2n) is 7.48. The van der Waals surface area contributed by atoms with E-state index in [1.165, 1.54) is 0 Å². The van der Waals surface area contributed by atoms with E-state index in [2.05, 4.69) is 5.32 Å². The van der Waals surface area contributed by atoms with Crippen LogP contribution in [0.1, 0.15) is 0 Å². The van der Waals surface area contributed by atoms with Crippen LogP contribution < -0.4 is 23.8 Å². The molecule has 1 N–H and O–H groups in total. The summed E-state index contributed by atoms with van der Waals surface area (Å²) in [6.07, 6.45) is 0.689. The molecule has 3 aromatic carbocycles. The molecule has 1 heterocycles. The molecule has 0 unspecified atom stereocenters. The first-order valence-corrected chi connectivity index (χ1v) is 12.2. The number of sulfonamides is 1. The first-order chi connectivity index (χ1) is 15.9. The Labute approximate surface area is 192 Å². The molecule has 3 aromatic rings. The molecule has 0 bridgehead atoms. The van der Waals surface area contributed by atoms with E-state index in [0.717, 1.165) is 10.6 Å². The molecule has 0 aliphatic carbocycles. The number of para-hydroxylation sites is 3. The summed E-state index contributed by atoms with van der Waals surface area (Å²) in [5.41, 5.74) is 0.360. The number of carbonyl (C=O) groups is 1. The number of fused-ring (bicyclic) bond motifs is 1. The summed E-state index contributed by atoms with van der Waals surface area (Å²) < 4.78 is 42.9. The molecule has 1 aliphatic rings. The van der Waals surface area contributed by atoms with Crippen molar-refractivity contribution in [2.75, 3.05) is 30.3 Å². The third kappa shape index (κ3) is 5.95. The summed E-state index contributed by atoms with van der Waals surface area (Å²) in [4.78, 5) is 12.5. The Morgan fingerprint density at radius 1 is 0.970 bits per heavy atom. The van der Waals surface area contributed by atoms with Gasteiger partial charge in [0.25, 0.3) is 0 Å². The highest BCUT2D eigenvalue weighted by molar-refractivity contribution is 7.92. The maximum Gasteiger partial charge on any atom is 0.240 e.